The minimum atomic E-state index is -0.300. The summed E-state index contributed by atoms with van der Waals surface area (Å²) in [6.45, 7) is 0. The molecule has 26 heavy (non-hydrogen) atoms. The van der Waals surface area contributed by atoms with Gasteiger partial charge in [-0.2, -0.15) is 0 Å². The van der Waals surface area contributed by atoms with Crippen molar-refractivity contribution in [1.29, 1.82) is 0 Å². The summed E-state index contributed by atoms with van der Waals surface area (Å²) in [5, 5.41) is 14.1. The molecule has 1 saturated carbocycles. The Hall–Kier alpha value is -3.28. The number of aromatic nitrogens is 2. The quantitative estimate of drug-likeness (QED) is 0.735. The number of carbonyl (C=O) groups is 1. The van der Waals surface area contributed by atoms with Crippen LogP contribution in [0.1, 0.15) is 28.4 Å². The fourth-order valence-electron chi connectivity index (χ4n) is 2.87. The van der Waals surface area contributed by atoms with E-state index >= 15 is 0 Å². The van der Waals surface area contributed by atoms with E-state index in [9.17, 15) is 9.18 Å². The van der Waals surface area contributed by atoms with E-state index in [1.54, 1.807) is 12.1 Å². The van der Waals surface area contributed by atoms with Gasteiger partial charge in [-0.3, -0.25) is 4.79 Å². The van der Waals surface area contributed by atoms with Crippen LogP contribution in [0.4, 0.5) is 15.9 Å². The van der Waals surface area contributed by atoms with Crippen molar-refractivity contribution in [2.24, 2.45) is 0 Å². The summed E-state index contributed by atoms with van der Waals surface area (Å²) in [5.74, 6) is 0.439. The Morgan fingerprint density at radius 3 is 2.42 bits per heavy atom. The van der Waals surface area contributed by atoms with E-state index in [0.29, 0.717) is 17.4 Å². The first-order chi connectivity index (χ1) is 12.7. The van der Waals surface area contributed by atoms with E-state index in [4.69, 9.17) is 0 Å². The van der Waals surface area contributed by atoms with Gasteiger partial charge in [-0.25, -0.2) is 4.39 Å². The molecule has 1 heterocycles. The molecule has 1 aliphatic rings. The summed E-state index contributed by atoms with van der Waals surface area (Å²) >= 11 is 0. The van der Waals surface area contributed by atoms with Crippen molar-refractivity contribution in [2.75, 3.05) is 10.6 Å². The highest BCUT2D eigenvalue weighted by atomic mass is 19.1. The van der Waals surface area contributed by atoms with Crippen LogP contribution >= 0.6 is 0 Å². The summed E-state index contributed by atoms with van der Waals surface area (Å²) in [7, 11) is 0. The second kappa shape index (κ2) is 6.92. The molecule has 2 N–H and O–H groups in total. The highest BCUT2D eigenvalue weighted by Gasteiger charge is 2.38. The molecule has 0 radical (unpaired) electrons. The number of rotatable bonds is 5. The first-order valence-corrected chi connectivity index (χ1v) is 8.41. The lowest BCUT2D eigenvalue weighted by Gasteiger charge is -2.06. The van der Waals surface area contributed by atoms with Crippen LogP contribution in [0, 0.1) is 5.82 Å². The number of amides is 1. The molecule has 0 saturated heterocycles. The van der Waals surface area contributed by atoms with Crippen LogP contribution in [0.25, 0.3) is 0 Å². The molecule has 130 valence electrons. The lowest BCUT2D eigenvalue weighted by atomic mass is 10.1. The van der Waals surface area contributed by atoms with E-state index in [1.165, 1.54) is 12.1 Å². The molecule has 0 unspecified atom stereocenters. The third-order valence-corrected chi connectivity index (χ3v) is 4.35. The molecule has 4 rings (SSSR count). The van der Waals surface area contributed by atoms with Crippen LogP contribution in [0.15, 0.2) is 66.7 Å². The normalized spacial score (nSPS) is 18.2. The number of carbonyl (C=O) groups excluding carboxylic acids is 1. The second-order valence-electron chi connectivity index (χ2n) is 6.27. The van der Waals surface area contributed by atoms with Gasteiger partial charge in [0.25, 0.3) is 5.91 Å². The molecule has 1 fully saturated rings. The fraction of sp³-hybridized carbons (Fsp3) is 0.150. The van der Waals surface area contributed by atoms with Gasteiger partial charge in [0.05, 0.1) is 0 Å². The number of nitrogens with zero attached hydrogens (tertiary/aromatic N) is 2. The number of benzene rings is 2. The van der Waals surface area contributed by atoms with Gasteiger partial charge in [-0.1, -0.05) is 30.3 Å². The summed E-state index contributed by atoms with van der Waals surface area (Å²) in [4.78, 5) is 12.2. The van der Waals surface area contributed by atoms with E-state index in [1.807, 2.05) is 42.5 Å². The van der Waals surface area contributed by atoms with Gasteiger partial charge in [0.15, 0.2) is 5.69 Å². The third-order valence-electron chi connectivity index (χ3n) is 4.35. The van der Waals surface area contributed by atoms with Gasteiger partial charge >= 0.3 is 0 Å². The first kappa shape index (κ1) is 16.2. The predicted octanol–water partition coefficient (Wildman–Crippen LogP) is 3.84. The van der Waals surface area contributed by atoms with Crippen LogP contribution in [0.5, 0.6) is 0 Å². The topological polar surface area (TPSA) is 66.9 Å². The Balaban J connectivity index is 1.35. The third kappa shape index (κ3) is 3.69. The average molecular weight is 348 g/mol. The minimum absolute atomic E-state index is 0.228. The van der Waals surface area contributed by atoms with Gasteiger partial charge < -0.3 is 10.6 Å². The zero-order chi connectivity index (χ0) is 17.9. The molecule has 6 heteroatoms. The lowest BCUT2D eigenvalue weighted by molar-refractivity contribution is 0.102. The van der Waals surface area contributed by atoms with Gasteiger partial charge in [0, 0.05) is 17.6 Å². The molecule has 0 bridgehead atoms. The molecule has 1 aliphatic carbocycles. The van der Waals surface area contributed by atoms with E-state index in [0.717, 1.165) is 12.0 Å². The Labute approximate surface area is 150 Å². The van der Waals surface area contributed by atoms with Crippen LogP contribution in [0.3, 0.4) is 0 Å². The molecule has 0 spiro atoms. The van der Waals surface area contributed by atoms with E-state index in [2.05, 4.69) is 20.8 Å². The number of nitrogens with one attached hydrogen (secondary N) is 2. The highest BCUT2D eigenvalue weighted by molar-refractivity contribution is 6.02. The number of hydrogen-bond acceptors (Lipinski definition) is 4. The average Bonchev–Trinajstić information content (AvgIpc) is 3.43. The minimum Gasteiger partial charge on any atom is -0.365 e. The zero-order valence-electron chi connectivity index (χ0n) is 13.9. The van der Waals surface area contributed by atoms with Crippen molar-refractivity contribution >= 4 is 17.4 Å². The SMILES string of the molecule is O=C(Nc1ccccc1)c1ccc(N[C@@H]2C[C@H]2c2ccc(F)cc2)nn1. The maximum absolute atomic E-state index is 13.0. The molecule has 1 amide bonds. The van der Waals surface area contributed by atoms with Gasteiger partial charge in [-0.05, 0) is 48.4 Å². The highest BCUT2D eigenvalue weighted by Crippen LogP contribution is 2.42. The summed E-state index contributed by atoms with van der Waals surface area (Å²) in [5.41, 5.74) is 2.07. The number of para-hydroxylation sites is 1. The smallest absolute Gasteiger partial charge is 0.276 e. The van der Waals surface area contributed by atoms with Crippen LogP contribution in [-0.4, -0.2) is 22.1 Å². The molecular formula is C20H17FN4O. The van der Waals surface area contributed by atoms with Crippen molar-refractivity contribution < 1.29 is 9.18 Å². The summed E-state index contributed by atoms with van der Waals surface area (Å²) in [6.07, 6.45) is 0.962. The maximum atomic E-state index is 13.0. The van der Waals surface area contributed by atoms with Crippen LogP contribution in [-0.2, 0) is 0 Å². The molecular weight excluding hydrogens is 331 g/mol. The number of hydrogen-bond donors (Lipinski definition) is 2. The summed E-state index contributed by atoms with van der Waals surface area (Å²) in [6, 6.07) is 19.4. The number of halogens is 1. The van der Waals surface area contributed by atoms with E-state index < -0.39 is 0 Å². The standard InChI is InChI=1S/C20H17FN4O/c21-14-8-6-13(7-9-14)16-12-18(16)23-19-11-10-17(24-25-19)20(26)22-15-4-2-1-3-5-15/h1-11,16,18H,12H2,(H,22,26)(H,23,25)/t16-,18+/m0/s1. The lowest BCUT2D eigenvalue weighted by Crippen LogP contribution is -2.15. The van der Waals surface area contributed by atoms with Gasteiger partial charge in [0.1, 0.15) is 11.6 Å². The molecule has 5 nitrogen and oxygen atoms in total. The Morgan fingerprint density at radius 1 is 0.962 bits per heavy atom. The molecule has 1 aromatic heterocycles. The van der Waals surface area contributed by atoms with Gasteiger partial charge in [0.2, 0.25) is 0 Å². The number of anilines is 2. The molecule has 2 aromatic carbocycles. The summed E-state index contributed by atoms with van der Waals surface area (Å²) < 4.78 is 13.0. The monoisotopic (exact) mass is 348 g/mol. The Morgan fingerprint density at radius 2 is 1.73 bits per heavy atom. The molecule has 3 aromatic rings. The Kier molecular flexibility index (Phi) is 4.31. The van der Waals surface area contributed by atoms with Crippen LogP contribution < -0.4 is 10.6 Å². The van der Waals surface area contributed by atoms with Crippen molar-refractivity contribution in [1.82, 2.24) is 10.2 Å². The molecule has 2 atom stereocenters. The second-order valence-corrected chi connectivity index (χ2v) is 6.27. The van der Waals surface area contributed by atoms with Crippen molar-refractivity contribution in [3.63, 3.8) is 0 Å². The first-order valence-electron chi connectivity index (χ1n) is 8.41. The van der Waals surface area contributed by atoms with Crippen LogP contribution in [0.2, 0.25) is 0 Å². The zero-order valence-corrected chi connectivity index (χ0v) is 13.9. The largest absolute Gasteiger partial charge is 0.365 e. The van der Waals surface area contributed by atoms with E-state index in [-0.39, 0.29) is 23.5 Å². The predicted molar refractivity (Wildman–Crippen MR) is 97.6 cm³/mol. The van der Waals surface area contributed by atoms with Crippen molar-refractivity contribution in [3.05, 3.63) is 83.8 Å². The van der Waals surface area contributed by atoms with Crippen molar-refractivity contribution in [2.45, 2.75) is 18.4 Å². The fourth-order valence-corrected chi connectivity index (χ4v) is 2.87. The maximum Gasteiger partial charge on any atom is 0.276 e. The van der Waals surface area contributed by atoms with Gasteiger partial charge in [-0.15, -0.1) is 10.2 Å². The van der Waals surface area contributed by atoms with Crippen molar-refractivity contribution in [3.8, 4) is 0 Å². The Bertz CT molecular complexity index is 897. The molecule has 0 aliphatic heterocycles.